The van der Waals surface area contributed by atoms with Crippen molar-refractivity contribution in [1.29, 1.82) is 0 Å². The zero-order chi connectivity index (χ0) is 24.1. The summed E-state index contributed by atoms with van der Waals surface area (Å²) in [6, 6.07) is 13.4. The van der Waals surface area contributed by atoms with Crippen molar-refractivity contribution < 1.29 is 24.2 Å². The Kier molecular flexibility index (Phi) is 7.76. The van der Waals surface area contributed by atoms with Crippen molar-refractivity contribution in [1.82, 2.24) is 9.80 Å². The van der Waals surface area contributed by atoms with Crippen molar-refractivity contribution >= 4 is 17.4 Å². The molecule has 7 nitrogen and oxygen atoms in total. The van der Waals surface area contributed by atoms with E-state index in [1.807, 2.05) is 64.0 Å². The molecule has 0 saturated carbocycles. The van der Waals surface area contributed by atoms with Gasteiger partial charge >= 0.3 is 0 Å². The van der Waals surface area contributed by atoms with Crippen molar-refractivity contribution in [3.8, 4) is 11.5 Å². The second kappa shape index (κ2) is 10.5. The van der Waals surface area contributed by atoms with Crippen LogP contribution in [0.1, 0.15) is 37.9 Å². The summed E-state index contributed by atoms with van der Waals surface area (Å²) in [7, 11) is 3.81. The topological polar surface area (TPSA) is 79.3 Å². The zero-order valence-corrected chi connectivity index (χ0v) is 19.9. The molecule has 0 aliphatic carbocycles. The minimum absolute atomic E-state index is 0.0289. The molecule has 0 spiro atoms. The number of ketones is 1. The van der Waals surface area contributed by atoms with Crippen molar-refractivity contribution in [3.05, 3.63) is 65.2 Å². The number of likely N-dealkylation sites (N-methyl/N-ethyl adjacent to an activating group) is 1. The van der Waals surface area contributed by atoms with Crippen molar-refractivity contribution in [2.75, 3.05) is 33.8 Å². The Labute approximate surface area is 195 Å². The molecule has 1 amide bonds. The van der Waals surface area contributed by atoms with Gasteiger partial charge in [-0.3, -0.25) is 9.59 Å². The van der Waals surface area contributed by atoms with Crippen LogP contribution >= 0.6 is 0 Å². The molecule has 176 valence electrons. The van der Waals surface area contributed by atoms with Crippen LogP contribution in [-0.4, -0.2) is 66.5 Å². The molecule has 1 saturated heterocycles. The summed E-state index contributed by atoms with van der Waals surface area (Å²) in [4.78, 5) is 29.5. The quantitative estimate of drug-likeness (QED) is 0.354. The first-order valence-corrected chi connectivity index (χ1v) is 11.2. The predicted molar refractivity (Wildman–Crippen MR) is 127 cm³/mol. The molecule has 0 aromatic heterocycles. The Morgan fingerprint density at radius 3 is 2.18 bits per heavy atom. The third-order valence-corrected chi connectivity index (χ3v) is 5.33. The predicted octanol–water partition coefficient (Wildman–Crippen LogP) is 3.86. The van der Waals surface area contributed by atoms with Gasteiger partial charge in [-0.2, -0.15) is 0 Å². The first-order chi connectivity index (χ1) is 15.7. The minimum Gasteiger partial charge on any atom is -0.507 e. The fourth-order valence-corrected chi connectivity index (χ4v) is 3.80. The monoisotopic (exact) mass is 452 g/mol. The fraction of sp³-hybridized carbons (Fsp3) is 0.385. The summed E-state index contributed by atoms with van der Waals surface area (Å²) in [6.45, 7) is 7.24. The minimum atomic E-state index is -0.690. The lowest BCUT2D eigenvalue weighted by atomic mass is 9.95. The summed E-state index contributed by atoms with van der Waals surface area (Å²) in [5.74, 6) is -0.135. The number of carbonyl (C=O) groups is 2. The molecule has 1 atom stereocenters. The number of likely N-dealkylation sites (tertiary alicyclic amines) is 1. The maximum atomic E-state index is 13.1. The number of aliphatic hydroxyl groups excluding tert-OH is 1. The Balaban J connectivity index is 2.06. The molecular formula is C26H32N2O5. The van der Waals surface area contributed by atoms with E-state index in [1.54, 1.807) is 24.3 Å². The number of ether oxygens (including phenoxy) is 2. The SMILES string of the molecule is CCOc1ccc(C(O)=C2C(=O)C(=O)N(CCN(C)C)[C@H]2c2ccc(OC(C)C)cc2)cc1. The van der Waals surface area contributed by atoms with Crippen molar-refractivity contribution in [3.63, 3.8) is 0 Å². The van der Waals surface area contributed by atoms with Crippen LogP contribution in [0.15, 0.2) is 54.1 Å². The number of hydrogen-bond acceptors (Lipinski definition) is 6. The largest absolute Gasteiger partial charge is 0.507 e. The first-order valence-electron chi connectivity index (χ1n) is 11.2. The number of rotatable bonds is 9. The van der Waals surface area contributed by atoms with Crippen LogP contribution in [0.5, 0.6) is 11.5 Å². The van der Waals surface area contributed by atoms with Gasteiger partial charge in [0.05, 0.1) is 24.3 Å². The Bertz CT molecular complexity index is 1010. The van der Waals surface area contributed by atoms with Gasteiger partial charge in [0.2, 0.25) is 0 Å². The number of amides is 1. The smallest absolute Gasteiger partial charge is 0.295 e. The van der Waals surface area contributed by atoms with Gasteiger partial charge in [-0.25, -0.2) is 0 Å². The van der Waals surface area contributed by atoms with Crippen LogP contribution in [-0.2, 0) is 9.59 Å². The van der Waals surface area contributed by atoms with E-state index >= 15 is 0 Å². The van der Waals surface area contributed by atoms with Crippen molar-refractivity contribution in [2.24, 2.45) is 0 Å². The standard InChI is InChI=1S/C26H32N2O5/c1-6-32-20-11-9-19(10-12-20)24(29)22-23(18-7-13-21(14-8-18)33-17(2)3)28(16-15-27(4)5)26(31)25(22)30/h7-14,17,23,29H,6,15-16H2,1-5H3/t23-/m0/s1. The number of Topliss-reactive ketones (excluding diaryl/α,β-unsaturated/α-hetero) is 1. The molecule has 33 heavy (non-hydrogen) atoms. The van der Waals surface area contributed by atoms with E-state index in [4.69, 9.17) is 9.47 Å². The van der Waals surface area contributed by atoms with Gasteiger partial charge in [0, 0.05) is 18.7 Å². The third-order valence-electron chi connectivity index (χ3n) is 5.33. The van der Waals surface area contributed by atoms with Gasteiger partial charge in [-0.15, -0.1) is 0 Å². The van der Waals surface area contributed by atoms with Gasteiger partial charge in [-0.1, -0.05) is 12.1 Å². The average molecular weight is 453 g/mol. The molecule has 1 aliphatic heterocycles. The third kappa shape index (κ3) is 5.54. The van der Waals surface area contributed by atoms with E-state index in [1.165, 1.54) is 4.90 Å². The molecule has 1 aliphatic rings. The number of aliphatic hydroxyl groups is 1. The van der Waals surface area contributed by atoms with Gasteiger partial charge in [0.15, 0.2) is 0 Å². The van der Waals surface area contributed by atoms with Gasteiger partial charge in [-0.05, 0) is 76.8 Å². The molecule has 0 unspecified atom stereocenters. The lowest BCUT2D eigenvalue weighted by molar-refractivity contribution is -0.140. The van der Waals surface area contributed by atoms with Crippen LogP contribution in [0.3, 0.4) is 0 Å². The number of hydrogen-bond donors (Lipinski definition) is 1. The molecule has 1 N–H and O–H groups in total. The van der Waals surface area contributed by atoms with Crippen LogP contribution in [0, 0.1) is 0 Å². The van der Waals surface area contributed by atoms with Gasteiger partial charge in [0.1, 0.15) is 17.3 Å². The highest BCUT2D eigenvalue weighted by Gasteiger charge is 2.45. The summed E-state index contributed by atoms with van der Waals surface area (Å²) in [5, 5.41) is 11.1. The summed E-state index contributed by atoms with van der Waals surface area (Å²) in [5.41, 5.74) is 1.27. The molecule has 1 fully saturated rings. The molecule has 0 radical (unpaired) electrons. The number of carbonyl (C=O) groups excluding carboxylic acids is 2. The Morgan fingerprint density at radius 2 is 1.64 bits per heavy atom. The fourth-order valence-electron chi connectivity index (χ4n) is 3.80. The normalized spacial score (nSPS) is 17.8. The van der Waals surface area contributed by atoms with Crippen LogP contribution < -0.4 is 9.47 Å². The first kappa shape index (κ1) is 24.3. The van der Waals surface area contributed by atoms with Gasteiger partial charge < -0.3 is 24.4 Å². The lowest BCUT2D eigenvalue weighted by Gasteiger charge is -2.26. The molecule has 1 heterocycles. The van der Waals surface area contributed by atoms with Crippen LogP contribution in [0.4, 0.5) is 0 Å². The van der Waals surface area contributed by atoms with Crippen molar-refractivity contribution in [2.45, 2.75) is 32.9 Å². The number of nitrogens with zero attached hydrogens (tertiary/aromatic N) is 2. The Hall–Kier alpha value is -3.32. The van der Waals surface area contributed by atoms with E-state index in [-0.39, 0.29) is 17.4 Å². The zero-order valence-electron chi connectivity index (χ0n) is 19.9. The highest BCUT2D eigenvalue weighted by atomic mass is 16.5. The second-order valence-corrected chi connectivity index (χ2v) is 8.49. The number of benzene rings is 2. The van der Waals surface area contributed by atoms with E-state index in [0.717, 1.165) is 5.56 Å². The van der Waals surface area contributed by atoms with E-state index < -0.39 is 17.7 Å². The molecule has 2 aromatic rings. The van der Waals surface area contributed by atoms with Gasteiger partial charge in [0.25, 0.3) is 11.7 Å². The van der Waals surface area contributed by atoms with Crippen LogP contribution in [0.2, 0.25) is 0 Å². The maximum Gasteiger partial charge on any atom is 0.295 e. The highest BCUT2D eigenvalue weighted by Crippen LogP contribution is 2.39. The second-order valence-electron chi connectivity index (χ2n) is 8.49. The molecular weight excluding hydrogens is 420 g/mol. The average Bonchev–Trinajstić information content (AvgIpc) is 3.03. The molecule has 3 rings (SSSR count). The molecule has 2 aromatic carbocycles. The van der Waals surface area contributed by atoms with E-state index in [2.05, 4.69) is 0 Å². The molecule has 7 heteroatoms. The summed E-state index contributed by atoms with van der Waals surface area (Å²) in [6.07, 6.45) is 0.0289. The molecule has 0 bridgehead atoms. The highest BCUT2D eigenvalue weighted by molar-refractivity contribution is 6.46. The summed E-state index contributed by atoms with van der Waals surface area (Å²) >= 11 is 0. The lowest BCUT2D eigenvalue weighted by Crippen LogP contribution is -2.35. The maximum absolute atomic E-state index is 13.1. The van der Waals surface area contributed by atoms with Crippen LogP contribution in [0.25, 0.3) is 5.76 Å². The summed E-state index contributed by atoms with van der Waals surface area (Å²) < 4.78 is 11.2. The van der Waals surface area contributed by atoms with E-state index in [0.29, 0.717) is 36.8 Å². The van der Waals surface area contributed by atoms with E-state index in [9.17, 15) is 14.7 Å². The Morgan fingerprint density at radius 1 is 1.03 bits per heavy atom.